The lowest BCUT2D eigenvalue weighted by Crippen LogP contribution is -2.44. The van der Waals surface area contributed by atoms with Gasteiger partial charge in [0.15, 0.2) is 11.6 Å². The van der Waals surface area contributed by atoms with Crippen molar-refractivity contribution in [2.75, 3.05) is 5.32 Å². The Morgan fingerprint density at radius 1 is 1.35 bits per heavy atom. The van der Waals surface area contributed by atoms with Gasteiger partial charge in [0.05, 0.1) is 17.1 Å². The second-order valence-electron chi connectivity index (χ2n) is 4.11. The van der Waals surface area contributed by atoms with Gasteiger partial charge in [-0.05, 0) is 12.8 Å². The summed E-state index contributed by atoms with van der Waals surface area (Å²) < 4.78 is 26.9. The van der Waals surface area contributed by atoms with Gasteiger partial charge in [-0.2, -0.15) is 0 Å². The highest BCUT2D eigenvalue weighted by Gasteiger charge is 2.28. The number of nitrogens with zero attached hydrogens (tertiary/aromatic N) is 1. The molecule has 0 unspecified atom stereocenters. The minimum Gasteiger partial charge on any atom is -0.377 e. The Morgan fingerprint density at radius 3 is 2.29 bits per heavy atom. The molecule has 0 radical (unpaired) electrons. The molecule has 0 aliphatic heterocycles. The highest BCUT2D eigenvalue weighted by atomic mass is 19.1. The van der Waals surface area contributed by atoms with Crippen molar-refractivity contribution in [2.24, 2.45) is 5.73 Å². The number of nitrogens with one attached hydrogen (secondary N) is 1. The van der Waals surface area contributed by atoms with Crippen molar-refractivity contribution in [3.8, 4) is 0 Å². The molecule has 3 N–H and O–H groups in total. The van der Waals surface area contributed by atoms with Gasteiger partial charge in [0, 0.05) is 12.1 Å². The van der Waals surface area contributed by atoms with Gasteiger partial charge in [0.25, 0.3) is 5.69 Å². The molecule has 92 valence electrons. The van der Waals surface area contributed by atoms with Gasteiger partial charge in [0.1, 0.15) is 5.69 Å². The van der Waals surface area contributed by atoms with Crippen LogP contribution >= 0.6 is 0 Å². The molecule has 1 aliphatic carbocycles. The Morgan fingerprint density at radius 2 is 1.88 bits per heavy atom. The summed E-state index contributed by atoms with van der Waals surface area (Å²) in [5, 5.41) is 13.0. The van der Waals surface area contributed by atoms with Gasteiger partial charge < -0.3 is 11.1 Å². The highest BCUT2D eigenvalue weighted by Crippen LogP contribution is 2.29. The first-order valence-electron chi connectivity index (χ1n) is 5.13. The van der Waals surface area contributed by atoms with E-state index in [-0.39, 0.29) is 17.8 Å². The van der Waals surface area contributed by atoms with Crippen LogP contribution in [0, 0.1) is 21.7 Å². The van der Waals surface area contributed by atoms with E-state index in [1.807, 2.05) is 0 Å². The summed E-state index contributed by atoms with van der Waals surface area (Å²) in [6.45, 7) is 0. The number of halogens is 2. The van der Waals surface area contributed by atoms with E-state index in [9.17, 15) is 18.9 Å². The molecule has 7 heteroatoms. The number of hydrogen-bond acceptors (Lipinski definition) is 4. The van der Waals surface area contributed by atoms with Gasteiger partial charge in [0.2, 0.25) is 0 Å². The fraction of sp³-hybridized carbons (Fsp3) is 0.400. The molecule has 1 aromatic rings. The third-order valence-electron chi connectivity index (χ3n) is 2.76. The number of hydrogen-bond donors (Lipinski definition) is 2. The average Bonchev–Trinajstić information content (AvgIpc) is 2.19. The molecule has 2 rings (SSSR count). The first-order valence-corrected chi connectivity index (χ1v) is 5.13. The van der Waals surface area contributed by atoms with E-state index >= 15 is 0 Å². The normalized spacial score (nSPS) is 23.0. The minimum atomic E-state index is -0.961. The van der Waals surface area contributed by atoms with Crippen LogP contribution < -0.4 is 11.1 Å². The molecule has 0 spiro atoms. The van der Waals surface area contributed by atoms with Crippen molar-refractivity contribution in [1.82, 2.24) is 0 Å². The number of anilines is 1. The van der Waals surface area contributed by atoms with Crippen molar-refractivity contribution in [1.29, 1.82) is 0 Å². The molecule has 0 aromatic heterocycles. The van der Waals surface area contributed by atoms with E-state index in [2.05, 4.69) is 5.32 Å². The predicted octanol–water partition coefficient (Wildman–Crippen LogP) is 1.77. The standard InChI is InChI=1S/C10H11F2N3O2/c11-8-3-7(15(16)17)4-9(12)10(8)14-6-1-5(13)2-6/h3-6,14H,1-2,13H2. The molecule has 0 saturated heterocycles. The molecule has 1 saturated carbocycles. The van der Waals surface area contributed by atoms with Gasteiger partial charge in [-0.1, -0.05) is 0 Å². The Bertz CT molecular complexity index is 438. The summed E-state index contributed by atoms with van der Waals surface area (Å²) in [5.41, 5.74) is 4.62. The molecule has 1 aromatic carbocycles. The Kier molecular flexibility index (Phi) is 2.93. The summed E-state index contributed by atoms with van der Waals surface area (Å²) in [5.74, 6) is -1.92. The number of nitrogens with two attached hydrogens (primary N) is 1. The third kappa shape index (κ3) is 2.33. The van der Waals surface area contributed by atoms with E-state index in [0.717, 1.165) is 0 Å². The maximum atomic E-state index is 13.5. The highest BCUT2D eigenvalue weighted by molar-refractivity contribution is 5.52. The van der Waals surface area contributed by atoms with Crippen LogP contribution in [0.2, 0.25) is 0 Å². The number of nitro benzene ring substituents is 1. The summed E-state index contributed by atoms with van der Waals surface area (Å²) >= 11 is 0. The second kappa shape index (κ2) is 4.25. The van der Waals surface area contributed by atoms with Gasteiger partial charge in [-0.15, -0.1) is 0 Å². The van der Waals surface area contributed by atoms with Gasteiger partial charge in [-0.3, -0.25) is 10.1 Å². The van der Waals surface area contributed by atoms with Crippen molar-refractivity contribution >= 4 is 11.4 Å². The predicted molar refractivity (Wildman–Crippen MR) is 57.6 cm³/mol. The van der Waals surface area contributed by atoms with Crippen LogP contribution in [0.1, 0.15) is 12.8 Å². The van der Waals surface area contributed by atoms with Crippen LogP contribution in [0.25, 0.3) is 0 Å². The minimum absolute atomic E-state index is 0.0525. The van der Waals surface area contributed by atoms with Crippen molar-refractivity contribution < 1.29 is 13.7 Å². The second-order valence-corrected chi connectivity index (χ2v) is 4.11. The molecule has 0 atom stereocenters. The molecule has 17 heavy (non-hydrogen) atoms. The van der Waals surface area contributed by atoms with Crippen LogP contribution in [0.3, 0.4) is 0 Å². The van der Waals surface area contributed by atoms with Gasteiger partial charge >= 0.3 is 0 Å². The maximum absolute atomic E-state index is 13.5. The van der Waals surface area contributed by atoms with Crippen molar-refractivity contribution in [3.63, 3.8) is 0 Å². The lowest BCUT2D eigenvalue weighted by Gasteiger charge is -2.33. The number of rotatable bonds is 3. The lowest BCUT2D eigenvalue weighted by molar-refractivity contribution is -0.385. The zero-order valence-corrected chi connectivity index (χ0v) is 8.82. The van der Waals surface area contributed by atoms with Crippen LogP contribution in [0.4, 0.5) is 20.2 Å². The number of benzene rings is 1. The Balaban J connectivity index is 2.20. The van der Waals surface area contributed by atoms with Crippen LogP contribution in [-0.4, -0.2) is 17.0 Å². The lowest BCUT2D eigenvalue weighted by atomic mass is 9.87. The van der Waals surface area contributed by atoms with E-state index in [1.54, 1.807) is 0 Å². The fourth-order valence-corrected chi connectivity index (χ4v) is 1.79. The number of non-ortho nitro benzene ring substituents is 1. The molecule has 1 fully saturated rings. The molecule has 0 heterocycles. The van der Waals surface area contributed by atoms with E-state index in [0.29, 0.717) is 25.0 Å². The van der Waals surface area contributed by atoms with Crippen molar-refractivity contribution in [2.45, 2.75) is 24.9 Å². The van der Waals surface area contributed by atoms with E-state index < -0.39 is 22.2 Å². The van der Waals surface area contributed by atoms with Crippen LogP contribution in [0.15, 0.2) is 12.1 Å². The average molecular weight is 243 g/mol. The number of nitro groups is 1. The van der Waals surface area contributed by atoms with E-state index in [4.69, 9.17) is 5.73 Å². The fourth-order valence-electron chi connectivity index (χ4n) is 1.79. The third-order valence-corrected chi connectivity index (χ3v) is 2.76. The topological polar surface area (TPSA) is 81.2 Å². The zero-order valence-electron chi connectivity index (χ0n) is 8.82. The first-order chi connectivity index (χ1) is 7.97. The summed E-state index contributed by atoms with van der Waals surface area (Å²) in [6.07, 6.45) is 1.27. The quantitative estimate of drug-likeness (QED) is 0.626. The molecular formula is C10H11F2N3O2. The van der Waals surface area contributed by atoms with Crippen molar-refractivity contribution in [3.05, 3.63) is 33.9 Å². The van der Waals surface area contributed by atoms with E-state index in [1.165, 1.54) is 0 Å². The summed E-state index contributed by atoms with van der Waals surface area (Å²) in [7, 11) is 0. The zero-order chi connectivity index (χ0) is 12.6. The maximum Gasteiger partial charge on any atom is 0.275 e. The summed E-state index contributed by atoms with van der Waals surface area (Å²) in [4.78, 5) is 9.55. The largest absolute Gasteiger partial charge is 0.377 e. The Labute approximate surface area is 95.8 Å². The van der Waals surface area contributed by atoms with Crippen LogP contribution in [-0.2, 0) is 0 Å². The molecular weight excluding hydrogens is 232 g/mol. The van der Waals surface area contributed by atoms with Gasteiger partial charge in [-0.25, -0.2) is 8.78 Å². The first kappa shape index (κ1) is 11.7. The molecule has 0 bridgehead atoms. The monoisotopic (exact) mass is 243 g/mol. The smallest absolute Gasteiger partial charge is 0.275 e. The van der Waals surface area contributed by atoms with Crippen LogP contribution in [0.5, 0.6) is 0 Å². The molecule has 0 amide bonds. The Hall–Kier alpha value is -1.76. The molecule has 1 aliphatic rings. The molecule has 5 nitrogen and oxygen atoms in total. The summed E-state index contributed by atoms with van der Waals surface area (Å²) in [6, 6.07) is 1.38. The SMILES string of the molecule is NC1CC(Nc2c(F)cc([N+](=O)[O-])cc2F)C1.